The van der Waals surface area contributed by atoms with Crippen molar-refractivity contribution >= 4 is 37.9 Å². The Morgan fingerprint density at radius 1 is 0.478 bits per heavy atom. The van der Waals surface area contributed by atoms with Crippen LogP contribution in [0.15, 0.2) is 0 Å². The molecule has 0 aromatic rings. The number of rotatable bonds is 10. The molecule has 272 valence electrons. The number of hydrogen-bond acceptors (Lipinski definition) is 22. The maximum Gasteiger partial charge on any atom is 0.224 e. The van der Waals surface area contributed by atoms with E-state index in [9.17, 15) is 56.2 Å². The first-order valence-electron chi connectivity index (χ1n) is 14.1. The van der Waals surface area contributed by atoms with Gasteiger partial charge in [-0.15, -0.1) is 0 Å². The van der Waals surface area contributed by atoms with Gasteiger partial charge in [-0.2, -0.15) is 37.9 Å². The highest BCUT2D eigenvalue weighted by atomic mass is 32.1. The van der Waals surface area contributed by atoms with Crippen molar-refractivity contribution in [2.24, 2.45) is 0 Å². The molecule has 6 unspecified atom stereocenters. The van der Waals surface area contributed by atoms with Gasteiger partial charge in [0.05, 0.1) is 25.4 Å². The Morgan fingerprint density at radius 2 is 0.891 bits per heavy atom. The van der Waals surface area contributed by atoms with Gasteiger partial charge in [-0.1, -0.05) is 0 Å². The predicted molar refractivity (Wildman–Crippen MR) is 158 cm³/mol. The molecule has 0 aliphatic carbocycles. The fourth-order valence-electron chi connectivity index (χ4n) is 5.26. The molecule has 4 rings (SSSR count). The number of aliphatic hydroxyl groups is 13. The molecule has 4 aliphatic heterocycles. The zero-order valence-corrected chi connectivity index (χ0v) is 26.8. The van der Waals surface area contributed by atoms with Crippen LogP contribution in [0.2, 0.25) is 0 Å². The Bertz CT molecular complexity index is 871. The van der Waals surface area contributed by atoms with Crippen LogP contribution in [0.1, 0.15) is 0 Å². The molecule has 0 bridgehead atoms. The smallest absolute Gasteiger partial charge is 0.224 e. The van der Waals surface area contributed by atoms with Crippen LogP contribution in [-0.4, -0.2) is 213 Å². The molecule has 18 atom stereocenters. The van der Waals surface area contributed by atoms with E-state index in [1.165, 1.54) is 0 Å². The fraction of sp³-hybridized carbons (Fsp3) is 1.00. The first-order chi connectivity index (χ1) is 21.6. The van der Waals surface area contributed by atoms with Crippen molar-refractivity contribution in [1.29, 1.82) is 0 Å². The summed E-state index contributed by atoms with van der Waals surface area (Å²) in [7, 11) is 0. The van der Waals surface area contributed by atoms with Crippen LogP contribution in [0, 0.1) is 0 Å². The second kappa shape index (κ2) is 17.0. The molecule has 0 radical (unpaired) electrons. The van der Waals surface area contributed by atoms with Gasteiger partial charge in [0.1, 0.15) is 79.9 Å². The Kier molecular flexibility index (Phi) is 15.0. The molecule has 4 aliphatic rings. The molecule has 46 heavy (non-hydrogen) atoms. The van der Waals surface area contributed by atoms with Crippen molar-refractivity contribution in [2.45, 2.75) is 110 Å². The second-order valence-corrected chi connectivity index (χ2v) is 12.2. The van der Waals surface area contributed by atoms with Crippen LogP contribution < -0.4 is 0 Å². The number of thiol groups is 3. The molecule has 0 amide bonds. The quantitative estimate of drug-likeness (QED) is 0.0928. The minimum absolute atomic E-state index is 0.0734. The van der Waals surface area contributed by atoms with Gasteiger partial charge in [0.15, 0.2) is 12.6 Å². The van der Waals surface area contributed by atoms with Gasteiger partial charge in [0, 0.05) is 17.3 Å². The van der Waals surface area contributed by atoms with E-state index in [1.807, 2.05) is 0 Å². The maximum absolute atomic E-state index is 10.2. The van der Waals surface area contributed by atoms with E-state index in [4.69, 9.17) is 38.6 Å². The molecule has 0 saturated carbocycles. The molecule has 0 spiro atoms. The monoisotopic (exact) mass is 732 g/mol. The Hall–Kier alpha value is 0.290. The maximum atomic E-state index is 10.2. The summed E-state index contributed by atoms with van der Waals surface area (Å²) in [4.78, 5) is 0. The highest BCUT2D eigenvalue weighted by molar-refractivity contribution is 7.80. The average Bonchev–Trinajstić information content (AvgIpc) is 3.45. The molecule has 0 aromatic carbocycles. The third kappa shape index (κ3) is 7.93. The number of ether oxygens (including phenoxy) is 6. The molecular weight excluding hydrogens is 688 g/mol. The van der Waals surface area contributed by atoms with Crippen molar-refractivity contribution < 1.29 is 94.8 Å². The van der Waals surface area contributed by atoms with Crippen LogP contribution in [0.5, 0.6) is 0 Å². The van der Waals surface area contributed by atoms with Crippen LogP contribution >= 0.6 is 37.9 Å². The first kappa shape index (κ1) is 40.7. The normalized spacial score (nSPS) is 51.1. The van der Waals surface area contributed by atoms with Crippen LogP contribution in [0.3, 0.4) is 0 Å². The molecule has 19 nitrogen and oxygen atoms in total. The largest absolute Gasteiger partial charge is 0.394 e. The van der Waals surface area contributed by atoms with Crippen molar-refractivity contribution in [3.63, 3.8) is 0 Å². The predicted octanol–water partition coefficient (Wildman–Crippen LogP) is -7.98. The van der Waals surface area contributed by atoms with Crippen LogP contribution in [-0.2, 0) is 28.4 Å². The van der Waals surface area contributed by atoms with Gasteiger partial charge in [0.25, 0.3) is 0 Å². The summed E-state index contributed by atoms with van der Waals surface area (Å²) in [5.74, 6) is -3.91. The van der Waals surface area contributed by atoms with Gasteiger partial charge >= 0.3 is 0 Å². The van der Waals surface area contributed by atoms with E-state index in [1.54, 1.807) is 0 Å². The SMILES string of the molecule is OC1[C@H](O)C(CS)O[C@H](OC2(CS)O[C@H](CS)[C@@H](O)[C@@H]2O)[C@H]1O.OCC1O[C@H](OC2(CO)O[C@H](CO)[C@@H](O)[C@@H]2O)[C@@H](O)C(O)[C@@H]1O. The summed E-state index contributed by atoms with van der Waals surface area (Å²) < 4.78 is 31.9. The van der Waals surface area contributed by atoms with Gasteiger partial charge in [0.2, 0.25) is 11.6 Å². The van der Waals surface area contributed by atoms with E-state index in [-0.39, 0.29) is 17.3 Å². The highest BCUT2D eigenvalue weighted by Gasteiger charge is 2.59. The summed E-state index contributed by atoms with van der Waals surface area (Å²) in [6, 6.07) is 0. The van der Waals surface area contributed by atoms with Crippen LogP contribution in [0.25, 0.3) is 0 Å². The lowest BCUT2D eigenvalue weighted by molar-refractivity contribution is -0.383. The lowest BCUT2D eigenvalue weighted by Crippen LogP contribution is -2.62. The third-order valence-electron chi connectivity index (χ3n) is 8.14. The summed E-state index contributed by atoms with van der Waals surface area (Å²) >= 11 is 12.1. The van der Waals surface area contributed by atoms with E-state index in [2.05, 4.69) is 37.9 Å². The molecule has 22 heteroatoms. The van der Waals surface area contributed by atoms with E-state index in [0.29, 0.717) is 0 Å². The van der Waals surface area contributed by atoms with E-state index < -0.39 is 129 Å². The van der Waals surface area contributed by atoms with Gasteiger partial charge in [-0.05, 0) is 0 Å². The number of aliphatic hydroxyl groups excluding tert-OH is 13. The standard InChI is InChI=1S/C12H22O11.C12H22O8S3/c13-1-4-6(16)8(18)9(19)11(21-4)23-12(3-15)10(20)7(17)5(2-14)22-12;13-6-4(1-21)18-11(9(16)8(6)15)20-12(3-23)10(17)7(14)5(2-22)19-12/h4-11,13-20H,1-3H2;4-11,13-17,21-23H,1-3H2/t2*4?,5-,6-,7-,8?,9+,10+,11-,12?/m11/s1. The van der Waals surface area contributed by atoms with Crippen molar-refractivity contribution in [1.82, 2.24) is 0 Å². The molecule has 4 saturated heterocycles. The highest BCUT2D eigenvalue weighted by Crippen LogP contribution is 2.38. The molecule has 0 aromatic heterocycles. The third-order valence-corrected chi connectivity index (χ3v) is 9.30. The lowest BCUT2D eigenvalue weighted by Gasteiger charge is -2.43. The Labute approximate surface area is 279 Å². The van der Waals surface area contributed by atoms with Crippen LogP contribution in [0.4, 0.5) is 0 Å². The summed E-state index contributed by atoms with van der Waals surface area (Å²) in [5.41, 5.74) is 0. The summed E-state index contributed by atoms with van der Waals surface area (Å²) in [6.45, 7) is -2.32. The van der Waals surface area contributed by atoms with Crippen molar-refractivity contribution in [3.05, 3.63) is 0 Å². The summed E-state index contributed by atoms with van der Waals surface area (Å²) in [5, 5.41) is 127. The van der Waals surface area contributed by atoms with Crippen molar-refractivity contribution in [3.8, 4) is 0 Å². The van der Waals surface area contributed by atoms with Gasteiger partial charge < -0.3 is 94.8 Å². The topological polar surface area (TPSA) is 318 Å². The Morgan fingerprint density at radius 3 is 1.30 bits per heavy atom. The zero-order chi connectivity index (χ0) is 34.7. The summed E-state index contributed by atoms with van der Waals surface area (Å²) in [6.07, 6.45) is -22.9. The van der Waals surface area contributed by atoms with E-state index >= 15 is 0 Å². The van der Waals surface area contributed by atoms with E-state index in [0.717, 1.165) is 0 Å². The minimum atomic E-state index is -2.22. The Balaban J connectivity index is 0.000000250. The molecule has 4 heterocycles. The van der Waals surface area contributed by atoms with Crippen molar-refractivity contribution in [2.75, 3.05) is 37.1 Å². The lowest BCUT2D eigenvalue weighted by atomic mass is 9.99. The van der Waals surface area contributed by atoms with Gasteiger partial charge in [-0.25, -0.2) is 0 Å². The number of hydrogen-bond donors (Lipinski definition) is 16. The molecular formula is C24H44O19S3. The molecule has 4 fully saturated rings. The average molecular weight is 733 g/mol. The minimum Gasteiger partial charge on any atom is -0.394 e. The zero-order valence-electron chi connectivity index (χ0n) is 24.1. The second-order valence-electron chi connectivity index (χ2n) is 11.1. The fourth-order valence-corrected chi connectivity index (χ4v) is 6.19. The van der Waals surface area contributed by atoms with Gasteiger partial charge in [-0.3, -0.25) is 0 Å². The molecule has 13 N–H and O–H groups in total. The first-order valence-corrected chi connectivity index (χ1v) is 16.0.